The van der Waals surface area contributed by atoms with Gasteiger partial charge in [-0.05, 0) is 6.42 Å². The molecule has 0 saturated heterocycles. The minimum absolute atomic E-state index is 0.0954. The van der Waals surface area contributed by atoms with Crippen molar-refractivity contribution in [1.29, 1.82) is 0 Å². The van der Waals surface area contributed by atoms with Gasteiger partial charge in [0, 0.05) is 24.2 Å². The summed E-state index contributed by atoms with van der Waals surface area (Å²) in [7, 11) is 0. The number of nitrogens with zero attached hydrogens (tertiary/aromatic N) is 1. The van der Waals surface area contributed by atoms with E-state index >= 15 is 0 Å². The SMILES string of the molecule is O=[N+]([O-])C1CCC(O)(O)CCC1I. The summed E-state index contributed by atoms with van der Waals surface area (Å²) in [6.07, 6.45) is 1.05. The minimum atomic E-state index is -1.70. The van der Waals surface area contributed by atoms with Crippen molar-refractivity contribution in [3.63, 3.8) is 0 Å². The van der Waals surface area contributed by atoms with Crippen molar-refractivity contribution in [1.82, 2.24) is 0 Å². The fourth-order valence-electron chi connectivity index (χ4n) is 1.48. The predicted molar refractivity (Wildman–Crippen MR) is 54.2 cm³/mol. The highest BCUT2D eigenvalue weighted by atomic mass is 127. The Morgan fingerprint density at radius 3 is 2.46 bits per heavy atom. The van der Waals surface area contributed by atoms with Gasteiger partial charge in [-0.25, -0.2) is 0 Å². The van der Waals surface area contributed by atoms with E-state index in [2.05, 4.69) is 0 Å². The summed E-state index contributed by atoms with van der Waals surface area (Å²) in [5.41, 5.74) is 0. The zero-order valence-corrected chi connectivity index (χ0v) is 9.18. The minimum Gasteiger partial charge on any atom is -0.366 e. The van der Waals surface area contributed by atoms with Crippen molar-refractivity contribution >= 4 is 22.6 Å². The van der Waals surface area contributed by atoms with Crippen molar-refractivity contribution in [3.8, 4) is 0 Å². The Morgan fingerprint density at radius 2 is 1.92 bits per heavy atom. The zero-order valence-electron chi connectivity index (χ0n) is 7.02. The molecule has 76 valence electrons. The van der Waals surface area contributed by atoms with Gasteiger partial charge in [-0.15, -0.1) is 0 Å². The van der Waals surface area contributed by atoms with E-state index in [1.807, 2.05) is 22.6 Å². The molecule has 0 aromatic carbocycles. The van der Waals surface area contributed by atoms with Crippen LogP contribution in [0.2, 0.25) is 0 Å². The van der Waals surface area contributed by atoms with E-state index in [1.165, 1.54) is 0 Å². The van der Waals surface area contributed by atoms with Crippen LogP contribution in [0.1, 0.15) is 25.7 Å². The van der Waals surface area contributed by atoms with Crippen LogP contribution in [0.3, 0.4) is 0 Å². The number of hydrogen-bond donors (Lipinski definition) is 2. The summed E-state index contributed by atoms with van der Waals surface area (Å²) in [4.78, 5) is 10.2. The van der Waals surface area contributed by atoms with Crippen LogP contribution in [0, 0.1) is 10.1 Å². The average Bonchev–Trinajstić information content (AvgIpc) is 2.11. The molecule has 0 radical (unpaired) electrons. The quantitative estimate of drug-likeness (QED) is 0.186. The fraction of sp³-hybridized carbons (Fsp3) is 1.00. The standard InChI is InChI=1S/C7H12INO4/c8-5-1-3-7(10,11)4-2-6(5)9(12)13/h5-6,10-11H,1-4H2. The van der Waals surface area contributed by atoms with Crippen LogP contribution in [0.5, 0.6) is 0 Å². The molecule has 1 aliphatic carbocycles. The van der Waals surface area contributed by atoms with Crippen LogP contribution < -0.4 is 0 Å². The lowest BCUT2D eigenvalue weighted by Gasteiger charge is -2.17. The molecule has 13 heavy (non-hydrogen) atoms. The Balaban J connectivity index is 2.65. The molecule has 0 bridgehead atoms. The second kappa shape index (κ2) is 4.05. The molecular formula is C7H12INO4. The highest BCUT2D eigenvalue weighted by Crippen LogP contribution is 2.30. The Bertz CT molecular complexity index is 209. The van der Waals surface area contributed by atoms with Crippen LogP contribution in [0.25, 0.3) is 0 Å². The maximum absolute atomic E-state index is 10.6. The van der Waals surface area contributed by atoms with Crippen LogP contribution in [0.4, 0.5) is 0 Å². The Labute approximate surface area is 89.4 Å². The molecule has 0 aromatic rings. The summed E-state index contributed by atoms with van der Waals surface area (Å²) in [5.74, 6) is -1.70. The number of aliphatic hydroxyl groups is 2. The average molecular weight is 301 g/mol. The first-order valence-corrected chi connectivity index (χ1v) is 5.39. The molecule has 0 heterocycles. The van der Waals surface area contributed by atoms with Gasteiger partial charge in [0.15, 0.2) is 5.79 Å². The van der Waals surface area contributed by atoms with Gasteiger partial charge in [0.2, 0.25) is 6.04 Å². The molecule has 5 nitrogen and oxygen atoms in total. The van der Waals surface area contributed by atoms with Crippen molar-refractivity contribution in [2.75, 3.05) is 0 Å². The normalized spacial score (nSPS) is 33.8. The second-order valence-corrected chi connectivity index (χ2v) is 5.03. The maximum atomic E-state index is 10.6. The summed E-state index contributed by atoms with van der Waals surface area (Å²) in [6.45, 7) is 0. The van der Waals surface area contributed by atoms with E-state index in [0.717, 1.165) is 0 Å². The lowest BCUT2D eigenvalue weighted by Crippen LogP contribution is -2.29. The van der Waals surface area contributed by atoms with Crippen molar-refractivity contribution in [3.05, 3.63) is 10.1 Å². The van der Waals surface area contributed by atoms with Gasteiger partial charge in [-0.2, -0.15) is 0 Å². The van der Waals surface area contributed by atoms with Gasteiger partial charge >= 0.3 is 0 Å². The maximum Gasteiger partial charge on any atom is 0.224 e. The number of hydrogen-bond acceptors (Lipinski definition) is 4. The Morgan fingerprint density at radius 1 is 1.38 bits per heavy atom. The third kappa shape index (κ3) is 3.03. The summed E-state index contributed by atoms with van der Waals surface area (Å²) >= 11 is 2.01. The fourth-order valence-corrected chi connectivity index (χ4v) is 2.42. The van der Waals surface area contributed by atoms with Crippen LogP contribution in [-0.4, -0.2) is 30.9 Å². The zero-order chi connectivity index (χ0) is 10.1. The van der Waals surface area contributed by atoms with Gasteiger partial charge in [-0.3, -0.25) is 10.1 Å². The number of alkyl halides is 1. The van der Waals surface area contributed by atoms with Crippen molar-refractivity contribution in [2.45, 2.75) is 41.4 Å². The van der Waals surface area contributed by atoms with Crippen LogP contribution in [-0.2, 0) is 0 Å². The molecule has 1 fully saturated rings. The van der Waals surface area contributed by atoms with E-state index in [-0.39, 0.29) is 28.1 Å². The molecule has 2 N–H and O–H groups in total. The molecule has 0 amide bonds. The highest BCUT2D eigenvalue weighted by Gasteiger charge is 2.38. The molecule has 0 aliphatic heterocycles. The molecule has 1 aliphatic rings. The molecule has 2 atom stereocenters. The molecule has 2 unspecified atom stereocenters. The van der Waals surface area contributed by atoms with Gasteiger partial charge < -0.3 is 10.2 Å². The smallest absolute Gasteiger partial charge is 0.224 e. The van der Waals surface area contributed by atoms with Gasteiger partial charge in [0.25, 0.3) is 0 Å². The molecule has 6 heteroatoms. The highest BCUT2D eigenvalue weighted by molar-refractivity contribution is 14.1. The van der Waals surface area contributed by atoms with E-state index in [4.69, 9.17) is 0 Å². The van der Waals surface area contributed by atoms with E-state index < -0.39 is 11.8 Å². The first-order valence-electron chi connectivity index (χ1n) is 4.15. The van der Waals surface area contributed by atoms with Crippen LogP contribution >= 0.6 is 22.6 Å². The number of halogens is 1. The molecule has 0 aromatic heterocycles. The first kappa shape index (κ1) is 11.1. The third-order valence-electron chi connectivity index (χ3n) is 2.35. The largest absolute Gasteiger partial charge is 0.366 e. The summed E-state index contributed by atoms with van der Waals surface area (Å²) in [5, 5.41) is 29.2. The molecular weight excluding hydrogens is 289 g/mol. The Hall–Kier alpha value is 0.0500. The summed E-state index contributed by atoms with van der Waals surface area (Å²) in [6, 6.07) is -0.637. The summed E-state index contributed by atoms with van der Waals surface area (Å²) < 4.78 is -0.103. The number of rotatable bonds is 1. The molecule has 1 rings (SSSR count). The monoisotopic (exact) mass is 301 g/mol. The van der Waals surface area contributed by atoms with E-state index in [1.54, 1.807) is 0 Å². The predicted octanol–water partition coefficient (Wildman–Crippen LogP) is 0.690. The van der Waals surface area contributed by atoms with Crippen LogP contribution in [0.15, 0.2) is 0 Å². The lowest BCUT2D eigenvalue weighted by atomic mass is 10.1. The van der Waals surface area contributed by atoms with Crippen molar-refractivity contribution < 1.29 is 15.1 Å². The van der Waals surface area contributed by atoms with Gasteiger partial charge in [0.1, 0.15) is 0 Å². The topological polar surface area (TPSA) is 83.6 Å². The molecule has 1 saturated carbocycles. The number of nitro groups is 1. The van der Waals surface area contributed by atoms with Crippen molar-refractivity contribution in [2.24, 2.45) is 0 Å². The van der Waals surface area contributed by atoms with E-state index in [9.17, 15) is 20.3 Å². The van der Waals surface area contributed by atoms with E-state index in [0.29, 0.717) is 6.42 Å². The third-order valence-corrected chi connectivity index (χ3v) is 3.80. The van der Waals surface area contributed by atoms with Gasteiger partial charge in [-0.1, -0.05) is 22.6 Å². The second-order valence-electron chi connectivity index (χ2n) is 3.43. The lowest BCUT2D eigenvalue weighted by molar-refractivity contribution is -0.522. The first-order chi connectivity index (χ1) is 5.92. The molecule has 0 spiro atoms. The van der Waals surface area contributed by atoms with Gasteiger partial charge in [0.05, 0.1) is 3.92 Å². The Kier molecular flexibility index (Phi) is 3.47.